The van der Waals surface area contributed by atoms with Crippen molar-refractivity contribution in [1.29, 1.82) is 0 Å². The number of carbonyl (C=O) groups is 2. The number of urea groups is 1. The maximum absolute atomic E-state index is 12.6. The van der Waals surface area contributed by atoms with Crippen molar-refractivity contribution in [2.75, 3.05) is 13.1 Å². The standard InChI is InChI=1S/C15H21N3O2S/c19-14-13(12-7-4-10-21-12)18(9-8-16-14)15(20)17-11-5-2-1-3-6-11/h4,7,10-11,13H,1-3,5-6,8-9H2,(H,16,19)(H,17,20)/t13-/m0/s1. The number of piperazine rings is 1. The SMILES string of the molecule is O=C1NCCN(C(=O)NC2CCCCC2)[C@H]1c1cccs1. The highest BCUT2D eigenvalue weighted by Gasteiger charge is 2.35. The normalized spacial score (nSPS) is 23.7. The molecule has 114 valence electrons. The molecular formula is C15H21N3O2S. The van der Waals surface area contributed by atoms with Gasteiger partial charge in [-0.3, -0.25) is 4.79 Å². The van der Waals surface area contributed by atoms with E-state index in [-0.39, 0.29) is 18.0 Å². The van der Waals surface area contributed by atoms with E-state index in [0.717, 1.165) is 17.7 Å². The van der Waals surface area contributed by atoms with Crippen molar-refractivity contribution in [3.05, 3.63) is 22.4 Å². The van der Waals surface area contributed by atoms with Gasteiger partial charge in [-0.25, -0.2) is 4.79 Å². The molecule has 3 rings (SSSR count). The van der Waals surface area contributed by atoms with Gasteiger partial charge in [0, 0.05) is 24.0 Å². The van der Waals surface area contributed by atoms with Crippen molar-refractivity contribution in [2.45, 2.75) is 44.2 Å². The number of thiophene rings is 1. The van der Waals surface area contributed by atoms with Crippen molar-refractivity contribution in [3.8, 4) is 0 Å². The number of carbonyl (C=O) groups excluding carboxylic acids is 2. The van der Waals surface area contributed by atoms with Crippen LogP contribution >= 0.6 is 11.3 Å². The van der Waals surface area contributed by atoms with E-state index in [4.69, 9.17) is 0 Å². The van der Waals surface area contributed by atoms with Gasteiger partial charge in [-0.05, 0) is 24.3 Å². The fraction of sp³-hybridized carbons (Fsp3) is 0.600. The van der Waals surface area contributed by atoms with Crippen LogP contribution in [-0.2, 0) is 4.79 Å². The molecule has 0 radical (unpaired) electrons. The van der Waals surface area contributed by atoms with Crippen molar-refractivity contribution in [1.82, 2.24) is 15.5 Å². The lowest BCUT2D eigenvalue weighted by molar-refractivity contribution is -0.127. The summed E-state index contributed by atoms with van der Waals surface area (Å²) in [4.78, 5) is 27.3. The second kappa shape index (κ2) is 6.47. The highest BCUT2D eigenvalue weighted by molar-refractivity contribution is 7.10. The van der Waals surface area contributed by atoms with E-state index in [9.17, 15) is 9.59 Å². The predicted octanol–water partition coefficient (Wildman–Crippen LogP) is 2.26. The monoisotopic (exact) mass is 307 g/mol. The summed E-state index contributed by atoms with van der Waals surface area (Å²) in [5, 5.41) is 7.91. The van der Waals surface area contributed by atoms with E-state index in [1.54, 1.807) is 4.90 Å². The first-order valence-corrected chi connectivity index (χ1v) is 8.52. The molecule has 0 bridgehead atoms. The molecule has 21 heavy (non-hydrogen) atoms. The van der Waals surface area contributed by atoms with E-state index >= 15 is 0 Å². The Morgan fingerprint density at radius 1 is 1.33 bits per heavy atom. The summed E-state index contributed by atoms with van der Waals surface area (Å²) < 4.78 is 0. The van der Waals surface area contributed by atoms with Crippen LogP contribution in [0.1, 0.15) is 43.0 Å². The van der Waals surface area contributed by atoms with Crippen LogP contribution in [0, 0.1) is 0 Å². The number of hydrogen-bond acceptors (Lipinski definition) is 3. The molecule has 1 aliphatic carbocycles. The quantitative estimate of drug-likeness (QED) is 0.880. The first kappa shape index (κ1) is 14.4. The Balaban J connectivity index is 1.71. The third-order valence-electron chi connectivity index (χ3n) is 4.22. The molecule has 1 aromatic heterocycles. The summed E-state index contributed by atoms with van der Waals surface area (Å²) >= 11 is 1.52. The zero-order valence-corrected chi connectivity index (χ0v) is 12.8. The first-order chi connectivity index (χ1) is 10.3. The highest BCUT2D eigenvalue weighted by Crippen LogP contribution is 2.27. The topological polar surface area (TPSA) is 61.4 Å². The van der Waals surface area contributed by atoms with Gasteiger partial charge < -0.3 is 15.5 Å². The molecule has 0 spiro atoms. The van der Waals surface area contributed by atoms with Crippen LogP contribution in [0.25, 0.3) is 0 Å². The van der Waals surface area contributed by atoms with Gasteiger partial charge >= 0.3 is 6.03 Å². The molecule has 3 amide bonds. The average Bonchev–Trinajstić information content (AvgIpc) is 3.02. The van der Waals surface area contributed by atoms with Crippen molar-refractivity contribution >= 4 is 23.3 Å². The number of hydrogen-bond donors (Lipinski definition) is 2. The van der Waals surface area contributed by atoms with Gasteiger partial charge in [0.15, 0.2) is 0 Å². The third-order valence-corrected chi connectivity index (χ3v) is 5.14. The Hall–Kier alpha value is -1.56. The van der Waals surface area contributed by atoms with E-state index in [1.807, 2.05) is 17.5 Å². The second-order valence-electron chi connectivity index (χ2n) is 5.69. The largest absolute Gasteiger partial charge is 0.352 e. The molecule has 1 aliphatic heterocycles. The van der Waals surface area contributed by atoms with E-state index < -0.39 is 6.04 Å². The molecular weight excluding hydrogens is 286 g/mol. The average molecular weight is 307 g/mol. The molecule has 2 aliphatic rings. The number of nitrogens with one attached hydrogen (secondary N) is 2. The molecule has 6 heteroatoms. The third kappa shape index (κ3) is 3.20. The lowest BCUT2D eigenvalue weighted by Gasteiger charge is -2.36. The Bertz CT molecular complexity index is 497. The summed E-state index contributed by atoms with van der Waals surface area (Å²) in [6.45, 7) is 1.09. The number of nitrogens with zero attached hydrogens (tertiary/aromatic N) is 1. The maximum atomic E-state index is 12.6. The van der Waals surface area contributed by atoms with Gasteiger partial charge in [0.05, 0.1) is 0 Å². The fourth-order valence-corrected chi connectivity index (χ4v) is 3.95. The Kier molecular flexibility index (Phi) is 4.43. The summed E-state index contributed by atoms with van der Waals surface area (Å²) in [5.74, 6) is -0.0810. The summed E-state index contributed by atoms with van der Waals surface area (Å²) in [6, 6.07) is 3.51. The van der Waals surface area contributed by atoms with Crippen molar-refractivity contribution in [2.24, 2.45) is 0 Å². The van der Waals surface area contributed by atoms with Gasteiger partial charge in [-0.15, -0.1) is 11.3 Å². The zero-order valence-electron chi connectivity index (χ0n) is 12.0. The Morgan fingerprint density at radius 3 is 2.86 bits per heavy atom. The molecule has 0 unspecified atom stereocenters. The second-order valence-corrected chi connectivity index (χ2v) is 6.67. The molecule has 2 fully saturated rings. The fourth-order valence-electron chi connectivity index (χ4n) is 3.12. The minimum atomic E-state index is -0.484. The smallest absolute Gasteiger partial charge is 0.318 e. The van der Waals surface area contributed by atoms with Crippen LogP contribution in [0.5, 0.6) is 0 Å². The molecule has 1 atom stereocenters. The van der Waals surface area contributed by atoms with Crippen LogP contribution in [-0.4, -0.2) is 36.0 Å². The van der Waals surface area contributed by atoms with Crippen LogP contribution in [0.15, 0.2) is 17.5 Å². The molecule has 0 aromatic carbocycles. The number of amides is 3. The van der Waals surface area contributed by atoms with Crippen LogP contribution in [0.4, 0.5) is 4.79 Å². The van der Waals surface area contributed by atoms with Crippen LogP contribution < -0.4 is 10.6 Å². The minimum Gasteiger partial charge on any atom is -0.352 e. The van der Waals surface area contributed by atoms with E-state index in [0.29, 0.717) is 13.1 Å². The molecule has 1 saturated heterocycles. The van der Waals surface area contributed by atoms with Gasteiger partial charge in [-0.2, -0.15) is 0 Å². The number of rotatable bonds is 2. The predicted molar refractivity (Wildman–Crippen MR) is 82.2 cm³/mol. The van der Waals surface area contributed by atoms with Gasteiger partial charge in [0.2, 0.25) is 5.91 Å². The maximum Gasteiger partial charge on any atom is 0.318 e. The van der Waals surface area contributed by atoms with E-state index in [2.05, 4.69) is 10.6 Å². The molecule has 5 nitrogen and oxygen atoms in total. The molecule has 1 saturated carbocycles. The van der Waals surface area contributed by atoms with Crippen molar-refractivity contribution < 1.29 is 9.59 Å². The summed E-state index contributed by atoms with van der Waals surface area (Å²) in [5.41, 5.74) is 0. The Labute approximate surface area is 128 Å². The van der Waals surface area contributed by atoms with Gasteiger partial charge in [0.25, 0.3) is 0 Å². The highest BCUT2D eigenvalue weighted by atomic mass is 32.1. The lowest BCUT2D eigenvalue weighted by atomic mass is 9.95. The van der Waals surface area contributed by atoms with Crippen LogP contribution in [0.2, 0.25) is 0 Å². The zero-order chi connectivity index (χ0) is 14.7. The summed E-state index contributed by atoms with van der Waals surface area (Å²) in [6.07, 6.45) is 5.72. The van der Waals surface area contributed by atoms with E-state index in [1.165, 1.54) is 30.6 Å². The molecule has 1 aromatic rings. The molecule has 2 N–H and O–H groups in total. The first-order valence-electron chi connectivity index (χ1n) is 7.64. The lowest BCUT2D eigenvalue weighted by Crippen LogP contribution is -2.56. The Morgan fingerprint density at radius 2 is 2.14 bits per heavy atom. The molecule has 2 heterocycles. The van der Waals surface area contributed by atoms with Gasteiger partial charge in [-0.1, -0.05) is 25.3 Å². The minimum absolute atomic E-state index is 0.0810. The van der Waals surface area contributed by atoms with Crippen LogP contribution in [0.3, 0.4) is 0 Å². The van der Waals surface area contributed by atoms with Crippen molar-refractivity contribution in [3.63, 3.8) is 0 Å². The summed E-state index contributed by atoms with van der Waals surface area (Å²) in [7, 11) is 0. The van der Waals surface area contributed by atoms with Gasteiger partial charge in [0.1, 0.15) is 6.04 Å².